The fourth-order valence-electron chi connectivity index (χ4n) is 3.33. The quantitative estimate of drug-likeness (QED) is 0.599. The van der Waals surface area contributed by atoms with Crippen LogP contribution < -0.4 is 19.1 Å². The molecule has 31 heavy (non-hydrogen) atoms. The van der Waals surface area contributed by atoms with Crippen LogP contribution >= 0.6 is 0 Å². The molecule has 0 unspecified atom stereocenters. The summed E-state index contributed by atoms with van der Waals surface area (Å²) in [6.07, 6.45) is 1.79. The number of hydrogen-bond acceptors (Lipinski definition) is 5. The fraction of sp³-hybridized carbons (Fsp3) is 0.435. The molecule has 0 saturated carbocycles. The average molecular weight is 449 g/mol. The average Bonchev–Trinajstić information content (AvgIpc) is 2.70. The van der Waals surface area contributed by atoms with E-state index in [4.69, 9.17) is 9.47 Å². The molecule has 1 amide bonds. The highest BCUT2D eigenvalue weighted by molar-refractivity contribution is 7.92. The van der Waals surface area contributed by atoms with E-state index < -0.39 is 15.9 Å². The molecule has 1 N–H and O–H groups in total. The summed E-state index contributed by atoms with van der Waals surface area (Å²) in [6.45, 7) is 5.65. The largest absolute Gasteiger partial charge is 0.497 e. The predicted octanol–water partition coefficient (Wildman–Crippen LogP) is 3.68. The number of aryl methyl sites for hydroxylation is 1. The Labute approximate surface area is 185 Å². The monoisotopic (exact) mass is 448 g/mol. The number of nitrogens with zero attached hydrogens (tertiary/aromatic N) is 1. The van der Waals surface area contributed by atoms with Gasteiger partial charge in [-0.1, -0.05) is 32.0 Å². The van der Waals surface area contributed by atoms with Gasteiger partial charge >= 0.3 is 0 Å². The molecule has 2 aromatic rings. The number of rotatable bonds is 10. The van der Waals surface area contributed by atoms with Gasteiger partial charge in [0, 0.05) is 0 Å². The fourth-order valence-corrected chi connectivity index (χ4v) is 4.18. The zero-order valence-corrected chi connectivity index (χ0v) is 19.8. The molecule has 1 atom stereocenters. The van der Waals surface area contributed by atoms with Crippen LogP contribution in [-0.4, -0.2) is 41.3 Å². The molecule has 0 heterocycles. The third kappa shape index (κ3) is 6.89. The van der Waals surface area contributed by atoms with E-state index >= 15 is 0 Å². The number of sulfonamides is 1. The zero-order chi connectivity index (χ0) is 23.2. The molecule has 0 aliphatic heterocycles. The van der Waals surface area contributed by atoms with Crippen molar-refractivity contribution >= 4 is 21.6 Å². The maximum Gasteiger partial charge on any atom is 0.241 e. The Kier molecular flexibility index (Phi) is 8.33. The Morgan fingerprint density at radius 1 is 1.06 bits per heavy atom. The molecule has 0 aliphatic carbocycles. The van der Waals surface area contributed by atoms with Crippen LogP contribution in [-0.2, 0) is 14.8 Å². The van der Waals surface area contributed by atoms with E-state index in [-0.39, 0.29) is 12.6 Å². The van der Waals surface area contributed by atoms with Crippen LogP contribution in [0.5, 0.6) is 11.5 Å². The van der Waals surface area contributed by atoms with Crippen molar-refractivity contribution in [1.29, 1.82) is 0 Å². The third-order valence-corrected chi connectivity index (χ3v) is 5.98. The first-order chi connectivity index (χ1) is 14.5. The van der Waals surface area contributed by atoms with Crippen molar-refractivity contribution in [3.05, 3.63) is 53.6 Å². The number of benzene rings is 2. The molecular weight excluding hydrogens is 416 g/mol. The molecule has 0 radical (unpaired) electrons. The number of anilines is 1. The molecule has 7 nitrogen and oxygen atoms in total. The lowest BCUT2D eigenvalue weighted by atomic mass is 9.97. The maximum atomic E-state index is 13.0. The number of carbonyl (C=O) groups excluding carboxylic acids is 1. The van der Waals surface area contributed by atoms with Gasteiger partial charge in [0.2, 0.25) is 15.9 Å². The summed E-state index contributed by atoms with van der Waals surface area (Å²) >= 11 is 0. The van der Waals surface area contributed by atoms with Crippen molar-refractivity contribution in [2.75, 3.05) is 31.3 Å². The van der Waals surface area contributed by atoms with E-state index in [1.54, 1.807) is 19.2 Å². The van der Waals surface area contributed by atoms with E-state index in [0.29, 0.717) is 23.8 Å². The van der Waals surface area contributed by atoms with Gasteiger partial charge in [-0.3, -0.25) is 9.10 Å². The molecule has 170 valence electrons. The SMILES string of the molecule is COc1ccc([C@H](CC(C)C)NC(=O)CN(c2cc(C)ccc2OC)S(C)(=O)=O)cc1. The van der Waals surface area contributed by atoms with Gasteiger partial charge in [0.1, 0.15) is 18.0 Å². The number of amides is 1. The predicted molar refractivity (Wildman–Crippen MR) is 123 cm³/mol. The van der Waals surface area contributed by atoms with Crippen molar-refractivity contribution in [1.82, 2.24) is 5.32 Å². The van der Waals surface area contributed by atoms with Crippen LogP contribution in [0.15, 0.2) is 42.5 Å². The molecular formula is C23H32N2O5S. The van der Waals surface area contributed by atoms with Crippen molar-refractivity contribution in [2.24, 2.45) is 5.92 Å². The van der Waals surface area contributed by atoms with Gasteiger partial charge in [0.25, 0.3) is 0 Å². The van der Waals surface area contributed by atoms with Crippen molar-refractivity contribution < 1.29 is 22.7 Å². The van der Waals surface area contributed by atoms with Gasteiger partial charge in [-0.2, -0.15) is 0 Å². The van der Waals surface area contributed by atoms with Gasteiger partial charge in [-0.15, -0.1) is 0 Å². The van der Waals surface area contributed by atoms with Crippen LogP contribution in [0.1, 0.15) is 37.4 Å². The van der Waals surface area contributed by atoms with Crippen molar-refractivity contribution in [3.63, 3.8) is 0 Å². The number of hydrogen-bond donors (Lipinski definition) is 1. The molecule has 0 fully saturated rings. The maximum absolute atomic E-state index is 13.0. The van der Waals surface area contributed by atoms with Gasteiger partial charge < -0.3 is 14.8 Å². The lowest BCUT2D eigenvalue weighted by Crippen LogP contribution is -2.42. The highest BCUT2D eigenvalue weighted by atomic mass is 32.2. The van der Waals surface area contributed by atoms with Crippen LogP contribution in [0.3, 0.4) is 0 Å². The van der Waals surface area contributed by atoms with Gasteiger partial charge in [-0.05, 0) is 54.7 Å². The minimum Gasteiger partial charge on any atom is -0.497 e. The first kappa shape index (κ1) is 24.5. The Morgan fingerprint density at radius 2 is 1.71 bits per heavy atom. The first-order valence-corrected chi connectivity index (χ1v) is 12.0. The van der Waals surface area contributed by atoms with Gasteiger partial charge in [0.15, 0.2) is 0 Å². The lowest BCUT2D eigenvalue weighted by molar-refractivity contribution is -0.120. The van der Waals surface area contributed by atoms with E-state index in [1.165, 1.54) is 7.11 Å². The number of carbonyl (C=O) groups is 1. The van der Waals surface area contributed by atoms with Crippen LogP contribution in [0.2, 0.25) is 0 Å². The molecule has 0 bridgehead atoms. The number of methoxy groups -OCH3 is 2. The summed E-state index contributed by atoms with van der Waals surface area (Å²) in [6, 6.07) is 12.5. The smallest absolute Gasteiger partial charge is 0.241 e. The van der Waals surface area contributed by atoms with Crippen LogP contribution in [0.25, 0.3) is 0 Å². The molecule has 8 heteroatoms. The van der Waals surface area contributed by atoms with Crippen LogP contribution in [0, 0.1) is 12.8 Å². The van der Waals surface area contributed by atoms with E-state index in [0.717, 1.165) is 27.4 Å². The van der Waals surface area contributed by atoms with E-state index in [2.05, 4.69) is 19.2 Å². The standard InChI is InChI=1S/C23H32N2O5S/c1-16(2)13-20(18-8-10-19(29-4)11-9-18)24-23(26)15-25(31(6,27)28)21-14-17(3)7-12-22(21)30-5/h7-12,14,16,20H,13,15H2,1-6H3,(H,24,26)/t20-/m0/s1. The minimum absolute atomic E-state index is 0.251. The summed E-state index contributed by atoms with van der Waals surface area (Å²) in [7, 11) is -0.651. The lowest BCUT2D eigenvalue weighted by Gasteiger charge is -2.26. The Balaban J connectivity index is 2.30. The van der Waals surface area contributed by atoms with E-state index in [1.807, 2.05) is 37.3 Å². The second kappa shape index (κ2) is 10.5. The number of nitrogens with one attached hydrogen (secondary N) is 1. The topological polar surface area (TPSA) is 84.9 Å². The summed E-state index contributed by atoms with van der Waals surface area (Å²) in [5.74, 6) is 1.05. The Hall–Kier alpha value is -2.74. The highest BCUT2D eigenvalue weighted by Crippen LogP contribution is 2.31. The molecule has 0 spiro atoms. The van der Waals surface area contributed by atoms with E-state index in [9.17, 15) is 13.2 Å². The van der Waals surface area contributed by atoms with Crippen molar-refractivity contribution in [2.45, 2.75) is 33.2 Å². The molecule has 2 rings (SSSR count). The minimum atomic E-state index is -3.72. The number of ether oxygens (including phenoxy) is 2. The second-order valence-electron chi connectivity index (χ2n) is 7.97. The molecule has 0 aliphatic rings. The summed E-state index contributed by atoms with van der Waals surface area (Å²) in [4.78, 5) is 13.0. The summed E-state index contributed by atoms with van der Waals surface area (Å²) in [5, 5.41) is 3.00. The normalized spacial score (nSPS) is 12.4. The first-order valence-electron chi connectivity index (χ1n) is 10.1. The molecule has 0 saturated heterocycles. The highest BCUT2D eigenvalue weighted by Gasteiger charge is 2.26. The molecule has 0 aromatic heterocycles. The third-order valence-electron chi connectivity index (χ3n) is 4.85. The molecule has 2 aromatic carbocycles. The Bertz CT molecular complexity index is 988. The zero-order valence-electron chi connectivity index (χ0n) is 19.0. The van der Waals surface area contributed by atoms with Crippen molar-refractivity contribution in [3.8, 4) is 11.5 Å². The van der Waals surface area contributed by atoms with Gasteiger partial charge in [0.05, 0.1) is 32.2 Å². The Morgan fingerprint density at radius 3 is 2.23 bits per heavy atom. The van der Waals surface area contributed by atoms with Gasteiger partial charge in [-0.25, -0.2) is 8.42 Å². The second-order valence-corrected chi connectivity index (χ2v) is 9.87. The van der Waals surface area contributed by atoms with Crippen LogP contribution in [0.4, 0.5) is 5.69 Å². The summed E-state index contributed by atoms with van der Waals surface area (Å²) in [5.41, 5.74) is 2.13. The summed E-state index contributed by atoms with van der Waals surface area (Å²) < 4.78 is 36.7.